The molecule has 0 atom stereocenters. The number of hydrogen-bond acceptors (Lipinski definition) is 3. The number of nitrogens with one attached hydrogen (secondary N) is 2. The molecule has 1 aromatic heterocycles. The van der Waals surface area contributed by atoms with E-state index in [2.05, 4.69) is 40.3 Å². The molecule has 0 unspecified atom stereocenters. The smallest absolute Gasteiger partial charge is 0.186 e. The highest BCUT2D eigenvalue weighted by Gasteiger charge is 2.06. The highest BCUT2D eigenvalue weighted by Crippen LogP contribution is 2.12. The number of thiocarbonyl (C=S) groups is 1. The number of rotatable bonds is 5. The van der Waals surface area contributed by atoms with Crippen LogP contribution in [0.25, 0.3) is 0 Å². The molecule has 100 valence electrons. The van der Waals surface area contributed by atoms with Crippen LogP contribution in [-0.2, 0) is 11.3 Å². The van der Waals surface area contributed by atoms with Gasteiger partial charge in [-0.05, 0) is 32.1 Å². The van der Waals surface area contributed by atoms with Crippen LogP contribution >= 0.6 is 12.2 Å². The van der Waals surface area contributed by atoms with Gasteiger partial charge in [0.25, 0.3) is 0 Å². The van der Waals surface area contributed by atoms with Crippen LogP contribution in [0.4, 0.5) is 0 Å². The summed E-state index contributed by atoms with van der Waals surface area (Å²) in [5.41, 5.74) is 6.18. The monoisotopic (exact) mass is 268 g/mol. The van der Waals surface area contributed by atoms with E-state index in [-0.39, 0.29) is 0 Å². The van der Waals surface area contributed by atoms with E-state index in [1.807, 2.05) is 0 Å². The first-order valence-corrected chi connectivity index (χ1v) is 6.17. The molecule has 18 heavy (non-hydrogen) atoms. The molecule has 1 rings (SSSR count). The molecule has 0 saturated heterocycles. The van der Waals surface area contributed by atoms with Gasteiger partial charge in [-0.1, -0.05) is 0 Å². The van der Waals surface area contributed by atoms with Crippen LogP contribution in [0.2, 0.25) is 0 Å². The Morgan fingerprint density at radius 2 is 2.28 bits per heavy atom. The minimum absolute atomic E-state index is 0.499. The quantitative estimate of drug-likeness (QED) is 0.478. The summed E-state index contributed by atoms with van der Waals surface area (Å²) in [7, 11) is 3.46. The molecular formula is C12H20N4OS. The maximum absolute atomic E-state index is 5.10. The Balaban J connectivity index is 2.75. The SMILES string of the molecule is CNC(=S)NN=Cc1cc(C)n(CCOC)c1C. The summed E-state index contributed by atoms with van der Waals surface area (Å²) in [4.78, 5) is 0. The Bertz CT molecular complexity index is 440. The van der Waals surface area contributed by atoms with Gasteiger partial charge in [-0.25, -0.2) is 0 Å². The first-order chi connectivity index (χ1) is 8.60. The van der Waals surface area contributed by atoms with Gasteiger partial charge in [-0.15, -0.1) is 0 Å². The van der Waals surface area contributed by atoms with E-state index in [1.165, 1.54) is 11.4 Å². The van der Waals surface area contributed by atoms with E-state index in [9.17, 15) is 0 Å². The van der Waals surface area contributed by atoms with E-state index in [1.54, 1.807) is 20.4 Å². The van der Waals surface area contributed by atoms with Gasteiger partial charge in [0.15, 0.2) is 5.11 Å². The average Bonchev–Trinajstić information content (AvgIpc) is 2.62. The second kappa shape index (κ2) is 7.13. The molecular weight excluding hydrogens is 248 g/mol. The zero-order valence-corrected chi connectivity index (χ0v) is 12.1. The highest BCUT2D eigenvalue weighted by molar-refractivity contribution is 7.80. The van der Waals surface area contributed by atoms with Crippen LogP contribution in [0.5, 0.6) is 0 Å². The lowest BCUT2D eigenvalue weighted by molar-refractivity contribution is 0.186. The summed E-state index contributed by atoms with van der Waals surface area (Å²) in [6.45, 7) is 5.70. The van der Waals surface area contributed by atoms with Crippen LogP contribution < -0.4 is 10.7 Å². The minimum Gasteiger partial charge on any atom is -0.383 e. The van der Waals surface area contributed by atoms with Gasteiger partial charge in [-0.2, -0.15) is 5.10 Å². The molecule has 5 nitrogen and oxygen atoms in total. The molecule has 0 aliphatic heterocycles. The molecule has 1 aromatic rings. The molecule has 0 saturated carbocycles. The fraction of sp³-hybridized carbons (Fsp3) is 0.500. The Kier molecular flexibility index (Phi) is 5.80. The molecule has 0 fully saturated rings. The lowest BCUT2D eigenvalue weighted by atomic mass is 10.3. The summed E-state index contributed by atoms with van der Waals surface area (Å²) < 4.78 is 7.31. The molecule has 0 aliphatic carbocycles. The largest absolute Gasteiger partial charge is 0.383 e. The van der Waals surface area contributed by atoms with E-state index >= 15 is 0 Å². The zero-order valence-electron chi connectivity index (χ0n) is 11.3. The van der Waals surface area contributed by atoms with Crippen molar-refractivity contribution in [1.82, 2.24) is 15.3 Å². The summed E-state index contributed by atoms with van der Waals surface area (Å²) in [5, 5.41) is 7.38. The van der Waals surface area contributed by atoms with Crippen molar-refractivity contribution in [1.29, 1.82) is 0 Å². The number of aromatic nitrogens is 1. The lowest BCUT2D eigenvalue weighted by Gasteiger charge is -2.08. The second-order valence-corrected chi connectivity index (χ2v) is 4.33. The van der Waals surface area contributed by atoms with Crippen molar-refractivity contribution in [2.24, 2.45) is 5.10 Å². The molecule has 0 radical (unpaired) electrons. The summed E-state index contributed by atoms with van der Waals surface area (Å²) >= 11 is 4.93. The van der Waals surface area contributed by atoms with Gasteiger partial charge < -0.3 is 14.6 Å². The van der Waals surface area contributed by atoms with Crippen LogP contribution in [-0.4, -0.2) is 36.7 Å². The van der Waals surface area contributed by atoms with Gasteiger partial charge >= 0.3 is 0 Å². The molecule has 2 N–H and O–H groups in total. The van der Waals surface area contributed by atoms with Crippen molar-refractivity contribution in [2.45, 2.75) is 20.4 Å². The van der Waals surface area contributed by atoms with Crippen molar-refractivity contribution < 1.29 is 4.74 Å². The molecule has 0 spiro atoms. The number of methoxy groups -OCH3 is 1. The Morgan fingerprint density at radius 3 is 2.89 bits per heavy atom. The molecule has 0 aromatic carbocycles. The van der Waals surface area contributed by atoms with E-state index < -0.39 is 0 Å². The third-order valence-electron chi connectivity index (χ3n) is 2.73. The fourth-order valence-electron chi connectivity index (χ4n) is 1.70. The number of hydrogen-bond donors (Lipinski definition) is 2. The summed E-state index contributed by atoms with van der Waals surface area (Å²) in [6.07, 6.45) is 1.77. The van der Waals surface area contributed by atoms with Crippen LogP contribution in [0, 0.1) is 13.8 Å². The van der Waals surface area contributed by atoms with Crippen LogP contribution in [0.3, 0.4) is 0 Å². The first-order valence-electron chi connectivity index (χ1n) is 5.76. The van der Waals surface area contributed by atoms with Crippen molar-refractivity contribution >= 4 is 23.5 Å². The molecule has 0 aliphatic rings. The van der Waals surface area contributed by atoms with Gasteiger partial charge in [0.1, 0.15) is 0 Å². The molecule has 6 heteroatoms. The highest BCUT2D eigenvalue weighted by atomic mass is 32.1. The maximum atomic E-state index is 5.10. The van der Waals surface area contributed by atoms with Crippen LogP contribution in [0.1, 0.15) is 17.0 Å². The average molecular weight is 268 g/mol. The van der Waals surface area contributed by atoms with Crippen molar-refractivity contribution in [2.75, 3.05) is 20.8 Å². The summed E-state index contributed by atoms with van der Waals surface area (Å²) in [5.74, 6) is 0. The standard InChI is InChI=1S/C12H20N4OS/c1-9-7-11(8-14-15-12(18)13-3)10(2)16(9)5-6-17-4/h7-8H,5-6H2,1-4H3,(H2,13,15,18). The summed E-state index contributed by atoms with van der Waals surface area (Å²) in [6, 6.07) is 2.10. The van der Waals surface area contributed by atoms with Gasteiger partial charge in [0.2, 0.25) is 0 Å². The Labute approximate surface area is 113 Å². The number of nitrogens with zero attached hydrogens (tertiary/aromatic N) is 2. The zero-order chi connectivity index (χ0) is 13.5. The van der Waals surface area contributed by atoms with E-state index in [0.29, 0.717) is 11.7 Å². The van der Waals surface area contributed by atoms with Crippen molar-refractivity contribution in [3.05, 3.63) is 23.0 Å². The normalized spacial score (nSPS) is 10.9. The first kappa shape index (κ1) is 14.7. The lowest BCUT2D eigenvalue weighted by Crippen LogP contribution is -2.28. The topological polar surface area (TPSA) is 50.6 Å². The van der Waals surface area contributed by atoms with E-state index in [4.69, 9.17) is 17.0 Å². The van der Waals surface area contributed by atoms with Gasteiger partial charge in [0.05, 0.1) is 12.8 Å². The van der Waals surface area contributed by atoms with Gasteiger partial charge in [-0.3, -0.25) is 5.43 Å². The number of ether oxygens (including phenoxy) is 1. The second-order valence-electron chi connectivity index (χ2n) is 3.92. The predicted molar refractivity (Wildman–Crippen MR) is 78.2 cm³/mol. The number of aryl methyl sites for hydroxylation is 1. The third kappa shape index (κ3) is 3.82. The third-order valence-corrected chi connectivity index (χ3v) is 3.02. The number of hydrazone groups is 1. The van der Waals surface area contributed by atoms with Crippen LogP contribution in [0.15, 0.2) is 11.2 Å². The maximum Gasteiger partial charge on any atom is 0.186 e. The van der Waals surface area contributed by atoms with Crippen molar-refractivity contribution in [3.63, 3.8) is 0 Å². The predicted octanol–water partition coefficient (Wildman–Crippen LogP) is 1.18. The van der Waals surface area contributed by atoms with E-state index in [0.717, 1.165) is 12.1 Å². The molecule has 0 bridgehead atoms. The minimum atomic E-state index is 0.499. The van der Waals surface area contributed by atoms with Gasteiger partial charge in [0, 0.05) is 37.7 Å². The van der Waals surface area contributed by atoms with Crippen molar-refractivity contribution in [3.8, 4) is 0 Å². The Hall–Kier alpha value is -1.40. The molecule has 1 heterocycles. The molecule has 0 amide bonds. The Morgan fingerprint density at radius 1 is 1.56 bits per heavy atom. The fourth-order valence-corrected chi connectivity index (χ4v) is 1.75.